The first kappa shape index (κ1) is 15.7. The molecule has 1 aromatic carbocycles. The van der Waals surface area contributed by atoms with Gasteiger partial charge in [-0.2, -0.15) is 0 Å². The molecule has 0 aliphatic carbocycles. The molecule has 0 saturated heterocycles. The first-order valence-corrected chi connectivity index (χ1v) is 8.95. The molecule has 0 amide bonds. The third kappa shape index (κ3) is 3.27. The molecule has 0 radical (unpaired) electrons. The highest BCUT2D eigenvalue weighted by molar-refractivity contribution is 7.89. The second-order valence-electron chi connectivity index (χ2n) is 5.26. The molecule has 0 atom stereocenters. The number of para-hydroxylation sites is 2. The summed E-state index contributed by atoms with van der Waals surface area (Å²) in [5.74, 6) is 1.44. The van der Waals surface area contributed by atoms with E-state index in [4.69, 9.17) is 0 Å². The smallest absolute Gasteiger partial charge is 0.259 e. The predicted octanol–water partition coefficient (Wildman–Crippen LogP) is 1.61. The Kier molecular flexibility index (Phi) is 4.18. The second kappa shape index (κ2) is 6.13. The van der Waals surface area contributed by atoms with Crippen LogP contribution in [0.4, 0.5) is 0 Å². The number of aryl methyl sites for hydroxylation is 2. The van der Waals surface area contributed by atoms with Crippen LogP contribution in [0.3, 0.4) is 0 Å². The van der Waals surface area contributed by atoms with Crippen molar-refractivity contribution in [2.24, 2.45) is 0 Å². The number of fused-ring (bicyclic) bond motifs is 1. The summed E-state index contributed by atoms with van der Waals surface area (Å²) < 4.78 is 28.9. The van der Waals surface area contributed by atoms with E-state index in [0.29, 0.717) is 18.8 Å². The van der Waals surface area contributed by atoms with Gasteiger partial charge in [0.2, 0.25) is 0 Å². The molecule has 0 spiro atoms. The Labute approximate surface area is 134 Å². The molecule has 0 bridgehead atoms. The molecule has 2 aromatic heterocycles. The molecular weight excluding hydrogens is 314 g/mol. The fourth-order valence-corrected chi connectivity index (χ4v) is 3.47. The van der Waals surface area contributed by atoms with E-state index in [1.54, 1.807) is 17.7 Å². The number of aromatic nitrogens is 4. The lowest BCUT2D eigenvalue weighted by Crippen LogP contribution is -2.26. The monoisotopic (exact) mass is 333 g/mol. The Morgan fingerprint density at radius 1 is 1.26 bits per heavy atom. The van der Waals surface area contributed by atoms with E-state index in [2.05, 4.69) is 19.7 Å². The van der Waals surface area contributed by atoms with Crippen molar-refractivity contribution in [1.82, 2.24) is 24.2 Å². The lowest BCUT2D eigenvalue weighted by molar-refractivity contribution is 0.577. The summed E-state index contributed by atoms with van der Waals surface area (Å²) in [5, 5.41) is 0.0569. The van der Waals surface area contributed by atoms with Gasteiger partial charge in [0, 0.05) is 25.7 Å². The van der Waals surface area contributed by atoms with Crippen molar-refractivity contribution in [2.45, 2.75) is 31.8 Å². The van der Waals surface area contributed by atoms with Gasteiger partial charge in [0.25, 0.3) is 10.0 Å². The number of hydrogen-bond donors (Lipinski definition) is 2. The largest absolute Gasteiger partial charge is 0.342 e. The Morgan fingerprint density at radius 2 is 2.04 bits per heavy atom. The van der Waals surface area contributed by atoms with Gasteiger partial charge in [0.1, 0.15) is 11.6 Å². The van der Waals surface area contributed by atoms with Crippen LogP contribution in [0.15, 0.2) is 35.5 Å². The Hall–Kier alpha value is -2.19. The maximum absolute atomic E-state index is 12.3. The summed E-state index contributed by atoms with van der Waals surface area (Å²) in [6.07, 6.45) is 2.04. The highest BCUT2D eigenvalue weighted by atomic mass is 32.2. The summed E-state index contributed by atoms with van der Waals surface area (Å²) in [4.78, 5) is 11.7. The maximum atomic E-state index is 12.3. The van der Waals surface area contributed by atoms with Gasteiger partial charge in [-0.3, -0.25) is 0 Å². The number of aromatic amines is 1. The van der Waals surface area contributed by atoms with Gasteiger partial charge in [-0.15, -0.1) is 0 Å². The summed E-state index contributed by atoms with van der Waals surface area (Å²) in [5.41, 5.74) is 1.82. The highest BCUT2D eigenvalue weighted by Gasteiger charge is 2.18. The molecule has 8 heteroatoms. The van der Waals surface area contributed by atoms with Crippen molar-refractivity contribution in [3.8, 4) is 0 Å². The van der Waals surface area contributed by atoms with Crippen molar-refractivity contribution in [3.63, 3.8) is 0 Å². The topological polar surface area (TPSA) is 92.7 Å². The van der Waals surface area contributed by atoms with Gasteiger partial charge in [-0.05, 0) is 26.0 Å². The van der Waals surface area contributed by atoms with E-state index in [9.17, 15) is 8.42 Å². The van der Waals surface area contributed by atoms with Crippen LogP contribution in [0.1, 0.15) is 18.6 Å². The van der Waals surface area contributed by atoms with Gasteiger partial charge < -0.3 is 9.55 Å². The van der Waals surface area contributed by atoms with Crippen LogP contribution in [0.25, 0.3) is 11.0 Å². The van der Waals surface area contributed by atoms with Crippen molar-refractivity contribution in [2.75, 3.05) is 6.54 Å². The zero-order chi connectivity index (χ0) is 16.4. The molecule has 122 valence electrons. The van der Waals surface area contributed by atoms with E-state index >= 15 is 0 Å². The van der Waals surface area contributed by atoms with Gasteiger partial charge in [-0.1, -0.05) is 12.1 Å². The van der Waals surface area contributed by atoms with Crippen molar-refractivity contribution in [3.05, 3.63) is 42.1 Å². The number of H-pyrrole nitrogens is 1. The maximum Gasteiger partial charge on any atom is 0.259 e. The molecule has 0 aliphatic heterocycles. The first-order valence-electron chi connectivity index (χ1n) is 7.46. The molecular formula is C15H19N5O2S. The highest BCUT2D eigenvalue weighted by Crippen LogP contribution is 2.11. The number of rotatable bonds is 6. The van der Waals surface area contributed by atoms with E-state index in [-0.39, 0.29) is 11.6 Å². The van der Waals surface area contributed by atoms with Crippen LogP contribution < -0.4 is 4.72 Å². The Bertz CT molecular complexity index is 893. The molecule has 2 heterocycles. The summed E-state index contributed by atoms with van der Waals surface area (Å²) in [6, 6.07) is 7.71. The van der Waals surface area contributed by atoms with Gasteiger partial charge in [0.15, 0.2) is 5.03 Å². The minimum atomic E-state index is -3.60. The van der Waals surface area contributed by atoms with E-state index in [0.717, 1.165) is 16.9 Å². The molecule has 3 rings (SSSR count). The van der Waals surface area contributed by atoms with Gasteiger partial charge in [0.05, 0.1) is 11.0 Å². The molecule has 2 N–H and O–H groups in total. The number of hydrogen-bond acceptors (Lipinski definition) is 4. The fraction of sp³-hybridized carbons (Fsp3) is 0.333. The molecule has 3 aromatic rings. The number of nitrogens with one attached hydrogen (secondary N) is 2. The second-order valence-corrected chi connectivity index (χ2v) is 6.97. The normalized spacial score (nSPS) is 12.1. The van der Waals surface area contributed by atoms with E-state index < -0.39 is 10.0 Å². The lowest BCUT2D eigenvalue weighted by atomic mass is 10.3. The molecule has 0 fully saturated rings. The first-order chi connectivity index (χ1) is 11.0. The molecule has 23 heavy (non-hydrogen) atoms. The third-order valence-electron chi connectivity index (χ3n) is 3.66. The van der Waals surface area contributed by atoms with Crippen LogP contribution in [-0.2, 0) is 23.0 Å². The summed E-state index contributed by atoms with van der Waals surface area (Å²) >= 11 is 0. The van der Waals surface area contributed by atoms with Crippen molar-refractivity contribution >= 4 is 21.1 Å². The van der Waals surface area contributed by atoms with Crippen molar-refractivity contribution < 1.29 is 8.42 Å². The lowest BCUT2D eigenvalue weighted by Gasteiger charge is -2.02. The minimum absolute atomic E-state index is 0.0569. The standard InChI is InChI=1S/C15H19N5O2S/c1-3-20-10-15(17-11(20)2)23(21,22)16-9-8-14-18-12-6-4-5-7-13(12)19-14/h4-7,10,16H,3,8-9H2,1-2H3,(H,18,19). The minimum Gasteiger partial charge on any atom is -0.342 e. The Balaban J connectivity index is 1.66. The number of sulfonamides is 1. The molecule has 0 aliphatic rings. The van der Waals surface area contributed by atoms with Crippen LogP contribution in [0.2, 0.25) is 0 Å². The fourth-order valence-electron chi connectivity index (χ4n) is 2.43. The quantitative estimate of drug-likeness (QED) is 0.717. The summed E-state index contributed by atoms with van der Waals surface area (Å²) in [6.45, 7) is 4.69. The SMILES string of the molecule is CCn1cc(S(=O)(=O)NCCc2nc3ccccc3[nH]2)nc1C. The van der Waals surface area contributed by atoms with Crippen molar-refractivity contribution in [1.29, 1.82) is 0 Å². The zero-order valence-electron chi connectivity index (χ0n) is 13.1. The van der Waals surface area contributed by atoms with Crippen LogP contribution in [0.5, 0.6) is 0 Å². The van der Waals surface area contributed by atoms with Crippen LogP contribution in [-0.4, -0.2) is 34.5 Å². The number of imidazole rings is 2. The number of benzene rings is 1. The van der Waals surface area contributed by atoms with Crippen LogP contribution in [0, 0.1) is 6.92 Å². The predicted molar refractivity (Wildman–Crippen MR) is 87.6 cm³/mol. The average molecular weight is 333 g/mol. The Morgan fingerprint density at radius 3 is 2.74 bits per heavy atom. The van der Waals surface area contributed by atoms with Crippen LogP contribution >= 0.6 is 0 Å². The van der Waals surface area contributed by atoms with E-state index in [1.807, 2.05) is 31.2 Å². The van der Waals surface area contributed by atoms with Gasteiger partial charge in [-0.25, -0.2) is 23.1 Å². The zero-order valence-corrected chi connectivity index (χ0v) is 13.9. The number of nitrogens with zero attached hydrogens (tertiary/aromatic N) is 3. The third-order valence-corrected chi connectivity index (χ3v) is 4.99. The van der Waals surface area contributed by atoms with E-state index in [1.165, 1.54) is 0 Å². The molecule has 7 nitrogen and oxygen atoms in total. The summed E-state index contributed by atoms with van der Waals surface area (Å²) in [7, 11) is -3.60. The van der Waals surface area contributed by atoms with Gasteiger partial charge >= 0.3 is 0 Å². The molecule has 0 unspecified atom stereocenters. The average Bonchev–Trinajstić information content (AvgIpc) is 3.10. The molecule has 0 saturated carbocycles.